The van der Waals surface area contributed by atoms with Crippen molar-refractivity contribution < 1.29 is 19.2 Å². The molecule has 1 atom stereocenters. The van der Waals surface area contributed by atoms with Gasteiger partial charge in [-0.15, -0.1) is 0 Å². The van der Waals surface area contributed by atoms with E-state index in [4.69, 9.17) is 0 Å². The summed E-state index contributed by atoms with van der Waals surface area (Å²) in [5, 5.41) is 2.31. The third-order valence-corrected chi connectivity index (χ3v) is 4.88. The number of carbonyl (C=O) groups excluding carboxylic acids is 4. The van der Waals surface area contributed by atoms with Crippen LogP contribution < -0.4 is 5.32 Å². The highest BCUT2D eigenvalue weighted by molar-refractivity contribution is 6.05. The topological polar surface area (TPSA) is 83.6 Å². The van der Waals surface area contributed by atoms with Gasteiger partial charge in [0.15, 0.2) is 0 Å². The summed E-state index contributed by atoms with van der Waals surface area (Å²) in [6.07, 6.45) is 6.06. The highest BCUT2D eigenvalue weighted by atomic mass is 16.2. The summed E-state index contributed by atoms with van der Waals surface area (Å²) in [4.78, 5) is 47.8. The molecule has 25 heavy (non-hydrogen) atoms. The molecule has 1 fully saturated rings. The van der Waals surface area contributed by atoms with E-state index in [1.807, 2.05) is 18.2 Å². The van der Waals surface area contributed by atoms with Crippen molar-refractivity contribution in [1.29, 1.82) is 0 Å². The number of unbranched alkanes of at least 4 members (excludes halogenated alkanes) is 3. The molecule has 0 spiro atoms. The van der Waals surface area contributed by atoms with Crippen molar-refractivity contribution in [3.8, 4) is 0 Å². The van der Waals surface area contributed by atoms with Crippen LogP contribution in [0.2, 0.25) is 0 Å². The fourth-order valence-corrected chi connectivity index (χ4v) is 3.52. The average Bonchev–Trinajstić information content (AvgIpc) is 2.91. The standard InChI is InChI=1S/C19H22N2O4/c22-10-4-2-1-3-5-13-6-7-15-14(11-13)12-21(19(15)25)16-8-9-17(23)20-18(16)24/h6-7,10-11,16H,1-5,8-9,12H2,(H,20,23,24). The molecule has 0 radical (unpaired) electrons. The zero-order valence-electron chi connectivity index (χ0n) is 14.1. The Labute approximate surface area is 146 Å². The van der Waals surface area contributed by atoms with E-state index >= 15 is 0 Å². The van der Waals surface area contributed by atoms with Gasteiger partial charge in [-0.2, -0.15) is 0 Å². The van der Waals surface area contributed by atoms with Crippen LogP contribution in [-0.2, 0) is 27.3 Å². The number of carbonyl (C=O) groups is 4. The first-order chi connectivity index (χ1) is 12.1. The van der Waals surface area contributed by atoms with Crippen LogP contribution in [-0.4, -0.2) is 34.9 Å². The second-order valence-corrected chi connectivity index (χ2v) is 6.66. The molecule has 1 aromatic carbocycles. The summed E-state index contributed by atoms with van der Waals surface area (Å²) in [6.45, 7) is 0.416. The minimum atomic E-state index is -0.565. The molecule has 2 heterocycles. The minimum Gasteiger partial charge on any atom is -0.322 e. The molecule has 6 nitrogen and oxygen atoms in total. The number of fused-ring (bicyclic) bond motifs is 1. The highest BCUT2D eigenvalue weighted by Crippen LogP contribution is 2.28. The van der Waals surface area contributed by atoms with Gasteiger partial charge >= 0.3 is 0 Å². The Kier molecular flexibility index (Phi) is 5.26. The van der Waals surface area contributed by atoms with Crippen LogP contribution >= 0.6 is 0 Å². The zero-order chi connectivity index (χ0) is 17.8. The van der Waals surface area contributed by atoms with E-state index in [2.05, 4.69) is 5.32 Å². The predicted octanol–water partition coefficient (Wildman–Crippen LogP) is 1.75. The molecule has 6 heteroatoms. The molecular formula is C19H22N2O4. The van der Waals surface area contributed by atoms with Gasteiger partial charge in [0.25, 0.3) is 5.91 Å². The second-order valence-electron chi connectivity index (χ2n) is 6.66. The Morgan fingerprint density at radius 2 is 2.00 bits per heavy atom. The molecule has 2 aliphatic rings. The fourth-order valence-electron chi connectivity index (χ4n) is 3.52. The summed E-state index contributed by atoms with van der Waals surface area (Å²) >= 11 is 0. The molecule has 1 aromatic rings. The summed E-state index contributed by atoms with van der Waals surface area (Å²) in [7, 11) is 0. The molecule has 2 aliphatic heterocycles. The number of benzene rings is 1. The van der Waals surface area contributed by atoms with Crippen molar-refractivity contribution in [2.45, 2.75) is 57.5 Å². The molecule has 132 valence electrons. The number of hydrogen-bond acceptors (Lipinski definition) is 4. The number of nitrogens with one attached hydrogen (secondary N) is 1. The Hall–Kier alpha value is -2.50. The molecule has 0 aliphatic carbocycles. The Bertz CT molecular complexity index is 713. The number of aldehydes is 1. The second kappa shape index (κ2) is 7.59. The third kappa shape index (κ3) is 3.78. The number of hydrogen-bond donors (Lipinski definition) is 1. The number of amides is 3. The fraction of sp³-hybridized carbons (Fsp3) is 0.474. The van der Waals surface area contributed by atoms with Gasteiger partial charge in [-0.05, 0) is 42.9 Å². The van der Waals surface area contributed by atoms with Crippen molar-refractivity contribution in [3.05, 3.63) is 34.9 Å². The largest absolute Gasteiger partial charge is 0.322 e. The molecule has 0 saturated carbocycles. The quantitative estimate of drug-likeness (QED) is 0.465. The van der Waals surface area contributed by atoms with Crippen LogP contribution in [0.3, 0.4) is 0 Å². The molecule has 1 unspecified atom stereocenters. The van der Waals surface area contributed by atoms with E-state index in [0.29, 0.717) is 24.9 Å². The molecule has 3 rings (SSSR count). The maximum atomic E-state index is 12.6. The summed E-state index contributed by atoms with van der Waals surface area (Å²) in [5.74, 6) is -0.794. The Morgan fingerprint density at radius 3 is 2.76 bits per heavy atom. The first-order valence-electron chi connectivity index (χ1n) is 8.80. The molecule has 0 aromatic heterocycles. The van der Waals surface area contributed by atoms with Crippen LogP contribution in [0.1, 0.15) is 60.0 Å². The normalized spacial score (nSPS) is 19.8. The number of aryl methyl sites for hydroxylation is 1. The van der Waals surface area contributed by atoms with Gasteiger partial charge in [-0.3, -0.25) is 19.7 Å². The van der Waals surface area contributed by atoms with Crippen molar-refractivity contribution in [2.24, 2.45) is 0 Å². The van der Waals surface area contributed by atoms with E-state index in [1.54, 1.807) is 4.90 Å². The summed E-state index contributed by atoms with van der Waals surface area (Å²) in [6, 6.07) is 5.28. The smallest absolute Gasteiger partial charge is 0.255 e. The summed E-state index contributed by atoms with van der Waals surface area (Å²) < 4.78 is 0. The molecular weight excluding hydrogens is 320 g/mol. The monoisotopic (exact) mass is 342 g/mol. The minimum absolute atomic E-state index is 0.137. The number of piperidine rings is 1. The van der Waals surface area contributed by atoms with Gasteiger partial charge in [-0.25, -0.2) is 0 Å². The van der Waals surface area contributed by atoms with Gasteiger partial charge < -0.3 is 9.69 Å². The van der Waals surface area contributed by atoms with Gasteiger partial charge in [0, 0.05) is 24.9 Å². The van der Waals surface area contributed by atoms with Gasteiger partial charge in [0.1, 0.15) is 12.3 Å². The lowest BCUT2D eigenvalue weighted by Gasteiger charge is -2.29. The first kappa shape index (κ1) is 17.3. The van der Waals surface area contributed by atoms with Crippen molar-refractivity contribution in [2.75, 3.05) is 0 Å². The van der Waals surface area contributed by atoms with Gasteiger partial charge in [0.05, 0.1) is 0 Å². The Balaban J connectivity index is 1.64. The lowest BCUT2D eigenvalue weighted by Crippen LogP contribution is -2.52. The summed E-state index contributed by atoms with van der Waals surface area (Å²) in [5.41, 5.74) is 2.76. The molecule has 0 bridgehead atoms. The van der Waals surface area contributed by atoms with Gasteiger partial charge in [0.2, 0.25) is 11.8 Å². The van der Waals surface area contributed by atoms with Crippen LogP contribution in [0.4, 0.5) is 0 Å². The van der Waals surface area contributed by atoms with Crippen LogP contribution in [0, 0.1) is 0 Å². The zero-order valence-corrected chi connectivity index (χ0v) is 14.1. The van der Waals surface area contributed by atoms with Crippen LogP contribution in [0.25, 0.3) is 0 Å². The lowest BCUT2D eigenvalue weighted by atomic mass is 10.0. The van der Waals surface area contributed by atoms with Gasteiger partial charge in [-0.1, -0.05) is 18.6 Å². The van der Waals surface area contributed by atoms with Crippen molar-refractivity contribution >= 4 is 24.0 Å². The molecule has 1 saturated heterocycles. The number of imide groups is 1. The van der Waals surface area contributed by atoms with E-state index < -0.39 is 6.04 Å². The number of rotatable bonds is 7. The van der Waals surface area contributed by atoms with E-state index in [1.165, 1.54) is 5.56 Å². The maximum absolute atomic E-state index is 12.6. The van der Waals surface area contributed by atoms with Crippen LogP contribution in [0.5, 0.6) is 0 Å². The van der Waals surface area contributed by atoms with E-state index in [0.717, 1.165) is 37.5 Å². The van der Waals surface area contributed by atoms with E-state index in [-0.39, 0.29) is 24.1 Å². The highest BCUT2D eigenvalue weighted by Gasteiger charge is 2.38. The van der Waals surface area contributed by atoms with E-state index in [9.17, 15) is 19.2 Å². The first-order valence-corrected chi connectivity index (χ1v) is 8.80. The van der Waals surface area contributed by atoms with Crippen molar-refractivity contribution in [3.63, 3.8) is 0 Å². The average molecular weight is 342 g/mol. The third-order valence-electron chi connectivity index (χ3n) is 4.88. The number of nitrogens with zero attached hydrogens (tertiary/aromatic N) is 1. The SMILES string of the molecule is O=CCCCCCc1ccc2c(c1)CN(C1CCC(=O)NC1=O)C2=O. The van der Waals surface area contributed by atoms with Crippen molar-refractivity contribution in [1.82, 2.24) is 10.2 Å². The lowest BCUT2D eigenvalue weighted by molar-refractivity contribution is -0.136. The Morgan fingerprint density at radius 1 is 1.16 bits per heavy atom. The molecule has 1 N–H and O–H groups in total. The predicted molar refractivity (Wildman–Crippen MR) is 90.7 cm³/mol. The van der Waals surface area contributed by atoms with Crippen LogP contribution in [0.15, 0.2) is 18.2 Å². The molecule has 3 amide bonds. The maximum Gasteiger partial charge on any atom is 0.255 e.